The molecular weight excluding hydrogens is 294 g/mol. The topological polar surface area (TPSA) is 79.4 Å². The van der Waals surface area contributed by atoms with Crippen molar-refractivity contribution in [1.29, 1.82) is 0 Å². The molecule has 0 fully saturated rings. The second kappa shape index (κ2) is 6.00. The maximum absolute atomic E-state index is 11.6. The van der Waals surface area contributed by atoms with E-state index in [2.05, 4.69) is 4.98 Å². The van der Waals surface area contributed by atoms with Crippen LogP contribution in [0.5, 0.6) is 5.75 Å². The molecule has 1 aromatic heterocycles. The molecule has 3 aromatic rings. The lowest BCUT2D eigenvalue weighted by atomic mass is 10.1. The highest BCUT2D eigenvalue weighted by Gasteiger charge is 2.12. The van der Waals surface area contributed by atoms with Crippen molar-refractivity contribution in [2.75, 3.05) is 20.0 Å². The van der Waals surface area contributed by atoms with E-state index in [0.29, 0.717) is 23.5 Å². The molecule has 6 heteroatoms. The first-order valence-electron chi connectivity index (χ1n) is 7.08. The molecule has 3 rings (SSSR count). The molecule has 2 N–H and O–H groups in total. The van der Waals surface area contributed by atoms with Gasteiger partial charge in [-0.15, -0.1) is 0 Å². The normalized spacial score (nSPS) is 10.7. The average Bonchev–Trinajstić information content (AvgIpc) is 2.96. The molecule has 23 heavy (non-hydrogen) atoms. The number of carbonyl (C=O) groups excluding carboxylic acids is 1. The standard InChI is InChI=1S/C17H17N3O3/c1-22-16-7-11(17(21)23-2)3-4-12(16)9-20-10-19-14-6-5-13(18)8-15(14)20/h3-8,10H,9,18H2,1-2H3. The Morgan fingerprint density at radius 1 is 1.22 bits per heavy atom. The third kappa shape index (κ3) is 2.83. The molecular formula is C17H17N3O3. The molecule has 1 heterocycles. The van der Waals surface area contributed by atoms with E-state index in [1.807, 2.05) is 28.8 Å². The van der Waals surface area contributed by atoms with E-state index in [1.165, 1.54) is 7.11 Å². The molecule has 0 aliphatic heterocycles. The molecule has 6 nitrogen and oxygen atoms in total. The Kier molecular flexibility index (Phi) is 3.89. The number of aromatic nitrogens is 2. The van der Waals surface area contributed by atoms with Gasteiger partial charge in [0.05, 0.1) is 43.7 Å². The smallest absolute Gasteiger partial charge is 0.337 e. The minimum atomic E-state index is -0.393. The zero-order chi connectivity index (χ0) is 16.4. The zero-order valence-corrected chi connectivity index (χ0v) is 12.9. The minimum Gasteiger partial charge on any atom is -0.496 e. The molecule has 118 valence electrons. The molecule has 0 spiro atoms. The van der Waals surface area contributed by atoms with Crippen LogP contribution in [0.1, 0.15) is 15.9 Å². The second-order valence-electron chi connectivity index (χ2n) is 5.14. The predicted molar refractivity (Wildman–Crippen MR) is 87.6 cm³/mol. The summed E-state index contributed by atoms with van der Waals surface area (Å²) in [7, 11) is 2.93. The predicted octanol–water partition coefficient (Wildman–Crippen LogP) is 2.46. The molecule has 0 bridgehead atoms. The van der Waals surface area contributed by atoms with Crippen molar-refractivity contribution < 1.29 is 14.3 Å². The van der Waals surface area contributed by atoms with E-state index in [0.717, 1.165) is 16.6 Å². The van der Waals surface area contributed by atoms with Gasteiger partial charge >= 0.3 is 5.97 Å². The summed E-state index contributed by atoms with van der Waals surface area (Å²) < 4.78 is 12.1. The first-order valence-corrected chi connectivity index (χ1v) is 7.08. The van der Waals surface area contributed by atoms with Gasteiger partial charge in [0.1, 0.15) is 5.75 Å². The first-order chi connectivity index (χ1) is 11.1. The van der Waals surface area contributed by atoms with Crippen molar-refractivity contribution in [2.45, 2.75) is 6.54 Å². The summed E-state index contributed by atoms with van der Waals surface area (Å²) >= 11 is 0. The Morgan fingerprint density at radius 2 is 2.04 bits per heavy atom. The molecule has 0 saturated heterocycles. The lowest BCUT2D eigenvalue weighted by Crippen LogP contribution is -2.05. The Balaban J connectivity index is 1.98. The summed E-state index contributed by atoms with van der Waals surface area (Å²) in [6.07, 6.45) is 1.76. The second-order valence-corrected chi connectivity index (χ2v) is 5.14. The number of nitrogens with two attached hydrogens (primary N) is 1. The van der Waals surface area contributed by atoms with Crippen molar-refractivity contribution in [2.24, 2.45) is 0 Å². The van der Waals surface area contributed by atoms with E-state index >= 15 is 0 Å². The van der Waals surface area contributed by atoms with Gasteiger partial charge in [0.2, 0.25) is 0 Å². The monoisotopic (exact) mass is 311 g/mol. The Labute approximate surface area is 133 Å². The number of rotatable bonds is 4. The van der Waals surface area contributed by atoms with Gasteiger partial charge in [-0.1, -0.05) is 6.07 Å². The average molecular weight is 311 g/mol. The molecule has 0 aliphatic rings. The number of carbonyl (C=O) groups is 1. The number of imidazole rings is 1. The quantitative estimate of drug-likeness (QED) is 0.591. The molecule has 0 saturated carbocycles. The number of fused-ring (bicyclic) bond motifs is 1. The van der Waals surface area contributed by atoms with Gasteiger partial charge in [-0.2, -0.15) is 0 Å². The Hall–Kier alpha value is -3.02. The number of anilines is 1. The SMILES string of the molecule is COC(=O)c1ccc(Cn2cnc3ccc(N)cc32)c(OC)c1. The number of hydrogen-bond donors (Lipinski definition) is 1. The van der Waals surface area contributed by atoms with Crippen molar-refractivity contribution in [1.82, 2.24) is 9.55 Å². The van der Waals surface area contributed by atoms with Crippen LogP contribution >= 0.6 is 0 Å². The number of hydrogen-bond acceptors (Lipinski definition) is 5. The summed E-state index contributed by atoms with van der Waals surface area (Å²) in [5, 5.41) is 0. The summed E-state index contributed by atoms with van der Waals surface area (Å²) in [6, 6.07) is 10.8. The van der Waals surface area contributed by atoms with Crippen LogP contribution in [-0.4, -0.2) is 29.7 Å². The highest BCUT2D eigenvalue weighted by atomic mass is 16.5. The summed E-state index contributed by atoms with van der Waals surface area (Å²) in [4.78, 5) is 16.0. The molecule has 0 amide bonds. The highest BCUT2D eigenvalue weighted by Crippen LogP contribution is 2.24. The van der Waals surface area contributed by atoms with Crippen molar-refractivity contribution in [3.63, 3.8) is 0 Å². The number of ether oxygens (including phenoxy) is 2. The van der Waals surface area contributed by atoms with Crippen LogP contribution in [0.4, 0.5) is 5.69 Å². The lowest BCUT2D eigenvalue weighted by Gasteiger charge is -2.11. The number of esters is 1. The van der Waals surface area contributed by atoms with E-state index in [-0.39, 0.29) is 0 Å². The third-order valence-corrected chi connectivity index (χ3v) is 3.69. The number of nitrogen functional groups attached to an aromatic ring is 1. The summed E-state index contributed by atoms with van der Waals surface area (Å²) in [5.74, 6) is 0.231. The molecule has 0 atom stereocenters. The zero-order valence-electron chi connectivity index (χ0n) is 12.9. The fourth-order valence-electron chi connectivity index (χ4n) is 2.50. The van der Waals surface area contributed by atoms with Gasteiger partial charge in [0, 0.05) is 11.3 Å². The molecule has 0 radical (unpaired) electrons. The Morgan fingerprint density at radius 3 is 2.78 bits per heavy atom. The molecule has 0 unspecified atom stereocenters. The highest BCUT2D eigenvalue weighted by molar-refractivity contribution is 5.90. The van der Waals surface area contributed by atoms with Crippen LogP contribution in [0.15, 0.2) is 42.7 Å². The van der Waals surface area contributed by atoms with E-state index in [1.54, 1.807) is 25.6 Å². The fraction of sp³-hybridized carbons (Fsp3) is 0.176. The largest absolute Gasteiger partial charge is 0.496 e. The van der Waals surface area contributed by atoms with Gasteiger partial charge in [-0.25, -0.2) is 9.78 Å². The van der Waals surface area contributed by atoms with Gasteiger partial charge in [-0.3, -0.25) is 0 Å². The van der Waals surface area contributed by atoms with Crippen molar-refractivity contribution in [3.8, 4) is 5.75 Å². The third-order valence-electron chi connectivity index (χ3n) is 3.69. The van der Waals surface area contributed by atoms with E-state index in [9.17, 15) is 4.79 Å². The van der Waals surface area contributed by atoms with Gasteiger partial charge in [0.25, 0.3) is 0 Å². The molecule has 0 aliphatic carbocycles. The lowest BCUT2D eigenvalue weighted by molar-refractivity contribution is 0.0600. The van der Waals surface area contributed by atoms with Crippen LogP contribution in [0.2, 0.25) is 0 Å². The summed E-state index contributed by atoms with van der Waals surface area (Å²) in [5.41, 5.74) is 9.75. The van der Waals surface area contributed by atoms with Crippen LogP contribution in [0.3, 0.4) is 0 Å². The maximum Gasteiger partial charge on any atom is 0.337 e. The first kappa shape index (κ1) is 14.9. The minimum absolute atomic E-state index is 0.393. The molecule has 2 aromatic carbocycles. The number of methoxy groups -OCH3 is 2. The maximum atomic E-state index is 11.6. The van der Waals surface area contributed by atoms with Gasteiger partial charge in [-0.05, 0) is 30.3 Å². The summed E-state index contributed by atoms with van der Waals surface area (Å²) in [6.45, 7) is 0.560. The number of nitrogens with zero attached hydrogens (tertiary/aromatic N) is 2. The van der Waals surface area contributed by atoms with Crippen LogP contribution in [0.25, 0.3) is 11.0 Å². The van der Waals surface area contributed by atoms with Crippen LogP contribution < -0.4 is 10.5 Å². The van der Waals surface area contributed by atoms with Crippen molar-refractivity contribution >= 4 is 22.7 Å². The van der Waals surface area contributed by atoms with Crippen molar-refractivity contribution in [3.05, 3.63) is 53.9 Å². The number of benzene rings is 2. The van der Waals surface area contributed by atoms with Crippen LogP contribution in [-0.2, 0) is 11.3 Å². The fourth-order valence-corrected chi connectivity index (χ4v) is 2.50. The van der Waals surface area contributed by atoms with E-state index in [4.69, 9.17) is 15.2 Å². The van der Waals surface area contributed by atoms with Crippen LogP contribution in [0, 0.1) is 0 Å². The van der Waals surface area contributed by atoms with E-state index < -0.39 is 5.97 Å². The van der Waals surface area contributed by atoms with Gasteiger partial charge in [0.15, 0.2) is 0 Å². The Bertz CT molecular complexity index is 871. The van der Waals surface area contributed by atoms with Gasteiger partial charge < -0.3 is 19.8 Å².